The van der Waals surface area contributed by atoms with E-state index in [9.17, 15) is 14.9 Å². The van der Waals surface area contributed by atoms with Gasteiger partial charge in [0, 0.05) is 34.7 Å². The third-order valence-corrected chi connectivity index (χ3v) is 4.61. The first-order valence-electron chi connectivity index (χ1n) is 8.35. The summed E-state index contributed by atoms with van der Waals surface area (Å²) in [6, 6.07) is 11.6. The largest absolute Gasteiger partial charge is 0.273 e. The van der Waals surface area contributed by atoms with Gasteiger partial charge in [-0.2, -0.15) is 5.10 Å². The molecule has 0 bridgehead atoms. The van der Waals surface area contributed by atoms with Gasteiger partial charge in [-0.05, 0) is 43.2 Å². The van der Waals surface area contributed by atoms with Crippen LogP contribution in [0.1, 0.15) is 37.0 Å². The average molecular weight is 372 g/mol. The minimum atomic E-state index is -0.446. The fourth-order valence-corrected chi connectivity index (χ4v) is 3.20. The van der Waals surface area contributed by atoms with Crippen LogP contribution in [0.5, 0.6) is 0 Å². The Morgan fingerprint density at radius 3 is 2.62 bits per heavy atom. The Morgan fingerprint density at radius 1 is 1.31 bits per heavy atom. The molecule has 0 saturated carbocycles. The van der Waals surface area contributed by atoms with Gasteiger partial charge in [0.15, 0.2) is 0 Å². The molecule has 1 amide bonds. The van der Waals surface area contributed by atoms with Gasteiger partial charge in [0.05, 0.1) is 16.7 Å². The number of fused-ring (bicyclic) bond motifs is 1. The lowest BCUT2D eigenvalue weighted by Gasteiger charge is -2.22. The van der Waals surface area contributed by atoms with E-state index in [2.05, 4.69) is 5.10 Å². The highest BCUT2D eigenvalue weighted by atomic mass is 35.5. The molecule has 7 heteroatoms. The number of non-ortho nitro benzene ring substituents is 1. The summed E-state index contributed by atoms with van der Waals surface area (Å²) in [7, 11) is 0. The first-order chi connectivity index (χ1) is 12.4. The first-order valence-corrected chi connectivity index (χ1v) is 8.72. The fourth-order valence-electron chi connectivity index (χ4n) is 3.03. The zero-order chi connectivity index (χ0) is 18.8. The molecule has 0 fully saturated rings. The highest BCUT2D eigenvalue weighted by molar-refractivity contribution is 6.31. The van der Waals surface area contributed by atoms with Crippen molar-refractivity contribution in [2.24, 2.45) is 5.10 Å². The van der Waals surface area contributed by atoms with Gasteiger partial charge < -0.3 is 0 Å². The number of nitro benzene ring substituents is 1. The highest BCUT2D eigenvalue weighted by Gasteiger charge is 2.26. The number of nitrogens with zero attached hydrogens (tertiary/aromatic N) is 3. The second kappa shape index (κ2) is 7.25. The SMILES string of the molecule is CCC(=O)N1N=C(c2ccc([N+](=O)[O-])cc2)c2cc(Cl)ccc2CC1C. The van der Waals surface area contributed by atoms with Crippen molar-refractivity contribution in [3.63, 3.8) is 0 Å². The van der Waals surface area contributed by atoms with E-state index in [1.165, 1.54) is 17.1 Å². The van der Waals surface area contributed by atoms with Crippen LogP contribution in [0, 0.1) is 10.1 Å². The van der Waals surface area contributed by atoms with Gasteiger partial charge in [-0.3, -0.25) is 14.9 Å². The highest BCUT2D eigenvalue weighted by Crippen LogP contribution is 2.27. The summed E-state index contributed by atoms with van der Waals surface area (Å²) in [5, 5.41) is 17.6. The number of hydrogen-bond acceptors (Lipinski definition) is 4. The third-order valence-electron chi connectivity index (χ3n) is 4.38. The van der Waals surface area contributed by atoms with E-state index in [0.29, 0.717) is 29.1 Å². The zero-order valence-corrected chi connectivity index (χ0v) is 15.2. The van der Waals surface area contributed by atoms with E-state index >= 15 is 0 Å². The van der Waals surface area contributed by atoms with Gasteiger partial charge in [0.2, 0.25) is 5.91 Å². The standard InChI is InChI=1S/C19H18ClN3O3/c1-3-18(24)22-12(2)10-14-4-7-15(20)11-17(14)19(21-22)13-5-8-16(9-6-13)23(25)26/h4-9,11-12H,3,10H2,1-2H3. The van der Waals surface area contributed by atoms with Crippen molar-refractivity contribution in [3.05, 3.63) is 74.3 Å². The van der Waals surface area contributed by atoms with Crippen molar-refractivity contribution >= 4 is 28.9 Å². The number of halogens is 1. The van der Waals surface area contributed by atoms with Crippen LogP contribution in [0.2, 0.25) is 5.02 Å². The molecule has 1 unspecified atom stereocenters. The lowest BCUT2D eigenvalue weighted by atomic mass is 9.94. The second-order valence-electron chi connectivity index (χ2n) is 6.20. The van der Waals surface area contributed by atoms with Gasteiger partial charge in [-0.25, -0.2) is 5.01 Å². The van der Waals surface area contributed by atoms with Crippen LogP contribution in [0.3, 0.4) is 0 Å². The van der Waals surface area contributed by atoms with E-state index in [0.717, 1.165) is 11.1 Å². The van der Waals surface area contributed by atoms with Crippen molar-refractivity contribution < 1.29 is 9.72 Å². The summed E-state index contributed by atoms with van der Waals surface area (Å²) < 4.78 is 0. The van der Waals surface area contributed by atoms with Crippen molar-refractivity contribution in [1.29, 1.82) is 0 Å². The van der Waals surface area contributed by atoms with Crippen molar-refractivity contribution in [2.75, 3.05) is 0 Å². The van der Waals surface area contributed by atoms with Gasteiger partial charge >= 0.3 is 0 Å². The third kappa shape index (κ3) is 3.46. The molecular formula is C19H18ClN3O3. The van der Waals surface area contributed by atoms with Crippen LogP contribution in [0.25, 0.3) is 0 Å². The number of hydrazone groups is 1. The quantitative estimate of drug-likeness (QED) is 0.599. The molecule has 2 aromatic rings. The number of hydrogen-bond donors (Lipinski definition) is 0. The smallest absolute Gasteiger partial charge is 0.269 e. The molecule has 26 heavy (non-hydrogen) atoms. The number of carbonyl (C=O) groups excluding carboxylic acids is 1. The van der Waals surface area contributed by atoms with E-state index in [1.807, 2.05) is 25.1 Å². The number of amides is 1. The first kappa shape index (κ1) is 18.1. The lowest BCUT2D eigenvalue weighted by molar-refractivity contribution is -0.384. The zero-order valence-electron chi connectivity index (χ0n) is 14.5. The van der Waals surface area contributed by atoms with Gasteiger partial charge in [0.1, 0.15) is 0 Å². The van der Waals surface area contributed by atoms with Gasteiger partial charge in [0.25, 0.3) is 5.69 Å². The molecule has 0 N–H and O–H groups in total. The number of carbonyl (C=O) groups is 1. The minimum Gasteiger partial charge on any atom is -0.273 e. The molecule has 1 atom stereocenters. The Hall–Kier alpha value is -2.73. The molecule has 2 aromatic carbocycles. The van der Waals surface area contributed by atoms with E-state index in [1.54, 1.807) is 19.1 Å². The topological polar surface area (TPSA) is 75.8 Å². The van der Waals surface area contributed by atoms with E-state index in [4.69, 9.17) is 11.6 Å². The Labute approximate surface area is 156 Å². The molecule has 1 aliphatic rings. The monoisotopic (exact) mass is 371 g/mol. The van der Waals surface area contributed by atoms with Gasteiger partial charge in [-0.15, -0.1) is 0 Å². The predicted molar refractivity (Wildman–Crippen MR) is 100 cm³/mol. The maximum Gasteiger partial charge on any atom is 0.269 e. The van der Waals surface area contributed by atoms with Crippen molar-refractivity contribution in [1.82, 2.24) is 5.01 Å². The minimum absolute atomic E-state index is 0.00384. The maximum atomic E-state index is 12.4. The number of benzene rings is 2. The number of rotatable bonds is 3. The molecule has 1 heterocycles. The second-order valence-corrected chi connectivity index (χ2v) is 6.64. The Balaban J connectivity index is 2.17. The Kier molecular flexibility index (Phi) is 5.04. The Morgan fingerprint density at radius 2 is 2.00 bits per heavy atom. The van der Waals surface area contributed by atoms with Gasteiger partial charge in [-0.1, -0.05) is 24.6 Å². The molecule has 0 aliphatic carbocycles. The normalized spacial score (nSPS) is 16.5. The summed E-state index contributed by atoms with van der Waals surface area (Å²) in [4.78, 5) is 22.8. The summed E-state index contributed by atoms with van der Waals surface area (Å²) >= 11 is 6.19. The lowest BCUT2D eigenvalue weighted by Crippen LogP contribution is -2.34. The van der Waals surface area contributed by atoms with Crippen LogP contribution >= 0.6 is 11.6 Å². The predicted octanol–water partition coefficient (Wildman–Crippen LogP) is 4.18. The molecular weight excluding hydrogens is 354 g/mol. The average Bonchev–Trinajstić information content (AvgIpc) is 2.77. The molecule has 0 radical (unpaired) electrons. The van der Waals surface area contributed by atoms with E-state index in [-0.39, 0.29) is 17.6 Å². The van der Waals surface area contributed by atoms with E-state index < -0.39 is 4.92 Å². The summed E-state index contributed by atoms with van der Waals surface area (Å²) in [5.41, 5.74) is 3.16. The summed E-state index contributed by atoms with van der Waals surface area (Å²) in [5.74, 6) is -0.0733. The molecule has 3 rings (SSSR count). The van der Waals surface area contributed by atoms with Crippen LogP contribution in [0.15, 0.2) is 47.6 Å². The van der Waals surface area contributed by atoms with Crippen molar-refractivity contribution in [3.8, 4) is 0 Å². The molecule has 0 spiro atoms. The molecule has 0 saturated heterocycles. The molecule has 6 nitrogen and oxygen atoms in total. The molecule has 1 aliphatic heterocycles. The maximum absolute atomic E-state index is 12.4. The summed E-state index contributed by atoms with van der Waals surface area (Å²) in [6.45, 7) is 3.75. The fraction of sp³-hybridized carbons (Fsp3) is 0.263. The molecule has 134 valence electrons. The molecule has 0 aromatic heterocycles. The summed E-state index contributed by atoms with van der Waals surface area (Å²) in [6.07, 6.45) is 0.997. The van der Waals surface area contributed by atoms with Crippen LogP contribution in [-0.2, 0) is 11.2 Å². The van der Waals surface area contributed by atoms with Crippen LogP contribution < -0.4 is 0 Å². The van der Waals surface area contributed by atoms with Crippen LogP contribution in [0.4, 0.5) is 5.69 Å². The Bertz CT molecular complexity index is 893. The van der Waals surface area contributed by atoms with Crippen LogP contribution in [-0.4, -0.2) is 27.6 Å². The van der Waals surface area contributed by atoms with Crippen molar-refractivity contribution in [2.45, 2.75) is 32.7 Å². The number of nitro groups is 1.